The molecule has 1 aliphatic rings. The predicted molar refractivity (Wildman–Crippen MR) is 153 cm³/mol. The van der Waals surface area contributed by atoms with Gasteiger partial charge < -0.3 is 43.2 Å². The zero-order chi connectivity index (χ0) is 30.9. The summed E-state index contributed by atoms with van der Waals surface area (Å²) in [5.74, 6) is -4.64. The van der Waals surface area contributed by atoms with Crippen LogP contribution in [0.15, 0.2) is 35.3 Å². The Morgan fingerprint density at radius 3 is 2.21 bits per heavy atom. The lowest BCUT2D eigenvalue weighted by molar-refractivity contribution is -0.141. The maximum atomic E-state index is 13.1. The number of benzene rings is 1. The van der Waals surface area contributed by atoms with Crippen molar-refractivity contribution in [3.63, 3.8) is 0 Å². The first-order valence-corrected chi connectivity index (χ1v) is 13.8. The summed E-state index contributed by atoms with van der Waals surface area (Å²) in [5.41, 5.74) is 11.4. The highest BCUT2D eigenvalue weighted by Gasteiger charge is 2.29. The van der Waals surface area contributed by atoms with Crippen LogP contribution in [-0.4, -0.2) is 84.3 Å². The van der Waals surface area contributed by atoms with Gasteiger partial charge in [0.2, 0.25) is 29.5 Å². The number of nitrogens with one attached hydrogen (secondary N) is 5. The number of nitrogens with two attached hydrogens (primary N) is 2. The maximum absolute atomic E-state index is 13.1. The Bertz CT molecular complexity index is 1120. The topological polar surface area (TPSA) is 247 Å². The van der Waals surface area contributed by atoms with E-state index in [1.165, 1.54) is 0 Å². The highest BCUT2D eigenvalue weighted by atomic mass is 16.4. The molecule has 0 spiro atoms. The van der Waals surface area contributed by atoms with Crippen molar-refractivity contribution in [3.8, 4) is 0 Å². The zero-order valence-corrected chi connectivity index (χ0v) is 23.4. The summed E-state index contributed by atoms with van der Waals surface area (Å²) in [4.78, 5) is 79.4. The third-order valence-electron chi connectivity index (χ3n) is 6.35. The zero-order valence-electron chi connectivity index (χ0n) is 23.4. The first-order valence-electron chi connectivity index (χ1n) is 13.8. The van der Waals surface area contributed by atoms with E-state index in [1.54, 1.807) is 30.3 Å². The van der Waals surface area contributed by atoms with E-state index in [-0.39, 0.29) is 44.2 Å². The lowest BCUT2D eigenvalue weighted by Gasteiger charge is -2.23. The number of aliphatic imine (C=N–C) groups is 1. The standard InChI is InChI=1S/C27H40N8O7/c28-27(29)31-13-7-10-18-24(40)32-16-22(37)34-20(15-23(38)39)26(42)35-19(14-17-8-3-1-4-9-17)25(41)30-12-6-2-5-11-21(36)33-18/h1,3-4,8-9,18-20H,2,5-7,10-16H2,(H,30,41)(H,32,40)(H,33,36)(H,34,37)(H,35,42)(H,38,39)(H4,28,29,31)/t18?,19-,20-/m0/s1. The summed E-state index contributed by atoms with van der Waals surface area (Å²) in [6.45, 7) is -0.0748. The fourth-order valence-corrected chi connectivity index (χ4v) is 4.21. The molecule has 42 heavy (non-hydrogen) atoms. The quantitative estimate of drug-likeness (QED) is 0.0950. The molecule has 2 rings (SSSR count). The normalized spacial score (nSPS) is 21.6. The fourth-order valence-electron chi connectivity index (χ4n) is 4.21. The Kier molecular flexibility index (Phi) is 14.3. The number of carbonyl (C=O) groups is 6. The number of rotatable bonds is 8. The van der Waals surface area contributed by atoms with Crippen LogP contribution < -0.4 is 38.1 Å². The molecule has 15 heteroatoms. The molecule has 1 aromatic carbocycles. The van der Waals surface area contributed by atoms with Crippen LogP contribution in [-0.2, 0) is 35.2 Å². The van der Waals surface area contributed by atoms with Crippen molar-refractivity contribution in [2.24, 2.45) is 16.5 Å². The number of aliphatic carboxylic acids is 1. The van der Waals surface area contributed by atoms with Crippen LogP contribution in [0.1, 0.15) is 50.5 Å². The molecule has 1 aromatic rings. The molecule has 230 valence electrons. The first kappa shape index (κ1) is 33.5. The number of guanidine groups is 1. The molecule has 0 bridgehead atoms. The van der Waals surface area contributed by atoms with Crippen LogP contribution in [0.25, 0.3) is 0 Å². The molecular formula is C27H40N8O7. The molecule has 0 saturated carbocycles. The number of carboxylic acid groups (broad SMARTS) is 1. The van der Waals surface area contributed by atoms with Crippen LogP contribution in [0.2, 0.25) is 0 Å². The van der Waals surface area contributed by atoms with Gasteiger partial charge in [-0.15, -0.1) is 0 Å². The molecule has 1 fully saturated rings. The second-order valence-corrected chi connectivity index (χ2v) is 9.86. The van der Waals surface area contributed by atoms with Crippen LogP contribution >= 0.6 is 0 Å². The Balaban J connectivity index is 2.20. The minimum Gasteiger partial charge on any atom is -0.481 e. The minimum absolute atomic E-state index is 0.108. The van der Waals surface area contributed by atoms with Crippen molar-refractivity contribution >= 4 is 41.5 Å². The highest BCUT2D eigenvalue weighted by Crippen LogP contribution is 2.07. The van der Waals surface area contributed by atoms with Crippen molar-refractivity contribution < 1.29 is 33.9 Å². The van der Waals surface area contributed by atoms with E-state index < -0.39 is 60.7 Å². The third-order valence-corrected chi connectivity index (χ3v) is 6.35. The number of amides is 5. The minimum atomic E-state index is -1.52. The number of hydrogen-bond acceptors (Lipinski definition) is 7. The summed E-state index contributed by atoms with van der Waals surface area (Å²) in [5, 5.41) is 22.1. The Hall–Kier alpha value is -4.69. The smallest absolute Gasteiger partial charge is 0.305 e. The molecular weight excluding hydrogens is 548 g/mol. The van der Waals surface area contributed by atoms with E-state index in [1.807, 2.05) is 0 Å². The average Bonchev–Trinajstić information content (AvgIpc) is 2.94. The second-order valence-electron chi connectivity index (χ2n) is 9.86. The number of nitrogens with zero attached hydrogens (tertiary/aromatic N) is 1. The lowest BCUT2D eigenvalue weighted by atomic mass is 10.0. The van der Waals surface area contributed by atoms with Crippen molar-refractivity contribution in [2.75, 3.05) is 19.6 Å². The maximum Gasteiger partial charge on any atom is 0.305 e. The third kappa shape index (κ3) is 13.1. The predicted octanol–water partition coefficient (Wildman–Crippen LogP) is -1.98. The van der Waals surface area contributed by atoms with E-state index in [0.717, 1.165) is 5.56 Å². The van der Waals surface area contributed by atoms with Crippen molar-refractivity contribution in [1.82, 2.24) is 26.6 Å². The number of carbonyl (C=O) groups excluding carboxylic acids is 5. The molecule has 0 aliphatic carbocycles. The van der Waals surface area contributed by atoms with Gasteiger partial charge in [-0.3, -0.25) is 33.8 Å². The van der Waals surface area contributed by atoms with E-state index in [0.29, 0.717) is 25.7 Å². The molecule has 1 saturated heterocycles. The fraction of sp³-hybridized carbons (Fsp3) is 0.519. The lowest BCUT2D eigenvalue weighted by Crippen LogP contribution is -2.56. The van der Waals surface area contributed by atoms with Crippen molar-refractivity contribution in [3.05, 3.63) is 35.9 Å². The number of hydrogen-bond donors (Lipinski definition) is 8. The van der Waals surface area contributed by atoms with Crippen LogP contribution in [0.3, 0.4) is 0 Å². The van der Waals surface area contributed by atoms with Gasteiger partial charge >= 0.3 is 5.97 Å². The van der Waals surface area contributed by atoms with Gasteiger partial charge in [0.15, 0.2) is 5.96 Å². The highest BCUT2D eigenvalue weighted by molar-refractivity contribution is 5.95. The average molecular weight is 589 g/mol. The van der Waals surface area contributed by atoms with Gasteiger partial charge in [-0.05, 0) is 31.2 Å². The molecule has 0 aromatic heterocycles. The summed E-state index contributed by atoms with van der Waals surface area (Å²) < 4.78 is 0. The summed E-state index contributed by atoms with van der Waals surface area (Å²) in [7, 11) is 0. The van der Waals surface area contributed by atoms with E-state index in [9.17, 15) is 33.9 Å². The van der Waals surface area contributed by atoms with Crippen molar-refractivity contribution in [2.45, 2.75) is 69.5 Å². The Morgan fingerprint density at radius 2 is 1.52 bits per heavy atom. The molecule has 10 N–H and O–H groups in total. The number of carboxylic acids is 1. The summed E-state index contributed by atoms with van der Waals surface area (Å²) in [6.07, 6.45) is 1.77. The van der Waals surface area contributed by atoms with Crippen molar-refractivity contribution in [1.29, 1.82) is 0 Å². The molecule has 1 aliphatic heterocycles. The van der Waals surface area contributed by atoms with Gasteiger partial charge in [0.25, 0.3) is 0 Å². The van der Waals surface area contributed by atoms with Gasteiger partial charge in [-0.1, -0.05) is 36.8 Å². The van der Waals surface area contributed by atoms with E-state index in [4.69, 9.17) is 11.5 Å². The second kappa shape index (κ2) is 17.9. The Labute approximate surface area is 243 Å². The largest absolute Gasteiger partial charge is 0.481 e. The van der Waals surface area contributed by atoms with Gasteiger partial charge in [-0.25, -0.2) is 0 Å². The SMILES string of the molecule is NC(N)=NCCCC1NC(=O)CCCCCNC(=O)[C@H](Cc2ccccc2)NC(=O)[C@H](CC(=O)O)NC(=O)CNC1=O. The molecule has 5 amide bonds. The van der Waals surface area contributed by atoms with Gasteiger partial charge in [0, 0.05) is 25.9 Å². The van der Waals surface area contributed by atoms with Gasteiger partial charge in [0.05, 0.1) is 13.0 Å². The first-order chi connectivity index (χ1) is 20.0. The monoisotopic (exact) mass is 588 g/mol. The molecule has 1 unspecified atom stereocenters. The summed E-state index contributed by atoms with van der Waals surface area (Å²) in [6, 6.07) is 5.41. The van der Waals surface area contributed by atoms with Gasteiger partial charge in [0.1, 0.15) is 18.1 Å². The summed E-state index contributed by atoms with van der Waals surface area (Å²) >= 11 is 0. The molecule has 1 heterocycles. The van der Waals surface area contributed by atoms with Gasteiger partial charge in [-0.2, -0.15) is 0 Å². The molecule has 3 atom stereocenters. The van der Waals surface area contributed by atoms with Crippen LogP contribution in [0.4, 0.5) is 0 Å². The molecule has 15 nitrogen and oxygen atoms in total. The van der Waals surface area contributed by atoms with E-state index >= 15 is 0 Å². The Morgan fingerprint density at radius 1 is 0.833 bits per heavy atom. The van der Waals surface area contributed by atoms with E-state index in [2.05, 4.69) is 31.6 Å². The van der Waals surface area contributed by atoms with Crippen LogP contribution in [0, 0.1) is 0 Å². The molecule has 0 radical (unpaired) electrons. The van der Waals surface area contributed by atoms with Crippen LogP contribution in [0.5, 0.6) is 0 Å².